The highest BCUT2D eigenvalue weighted by atomic mass is 35.5. The Balaban J connectivity index is 1.24. The van der Waals surface area contributed by atoms with Crippen molar-refractivity contribution in [2.45, 2.75) is 63.8 Å². The number of esters is 1. The third-order valence-corrected chi connectivity index (χ3v) is 10.4. The maximum atomic E-state index is 13.0. The number of aliphatic hydroxyl groups excluding tert-OH is 1. The van der Waals surface area contributed by atoms with Crippen LogP contribution in [0.3, 0.4) is 0 Å². The summed E-state index contributed by atoms with van der Waals surface area (Å²) in [5, 5.41) is 33.1. The van der Waals surface area contributed by atoms with Crippen LogP contribution in [0.5, 0.6) is 5.75 Å². The van der Waals surface area contributed by atoms with E-state index in [1.807, 2.05) is 77.3 Å². The van der Waals surface area contributed by atoms with Gasteiger partial charge in [-0.15, -0.1) is 11.8 Å². The number of aromatic nitrogens is 5. The molecule has 48 heavy (non-hydrogen) atoms. The van der Waals surface area contributed by atoms with E-state index in [9.17, 15) is 15.0 Å². The molecule has 0 aliphatic carbocycles. The molecule has 0 radical (unpaired) electrons. The predicted molar refractivity (Wildman–Crippen MR) is 192 cm³/mol. The molecular formula is C37H40ClN5O4S. The summed E-state index contributed by atoms with van der Waals surface area (Å²) >= 11 is 8.65. The zero-order chi connectivity index (χ0) is 34.1. The number of aliphatic hydroxyl groups is 1. The molecular weight excluding hydrogens is 646 g/mol. The number of thioether (sulfide) groups is 1. The molecule has 250 valence electrons. The number of fused-ring (bicyclic) bond motifs is 2. The number of hydrogen-bond acceptors (Lipinski definition) is 7. The zero-order valence-electron chi connectivity index (χ0n) is 27.9. The molecule has 6 aromatic rings. The fourth-order valence-corrected chi connectivity index (χ4v) is 7.79. The smallest absolute Gasteiger partial charge is 0.354 e. The summed E-state index contributed by atoms with van der Waals surface area (Å²) < 4.78 is 11.0. The minimum absolute atomic E-state index is 0.0104. The molecule has 11 heteroatoms. The summed E-state index contributed by atoms with van der Waals surface area (Å²) in [4.78, 5) is 14.0. The molecule has 2 N–H and O–H groups in total. The molecule has 0 aliphatic rings. The Kier molecular flexibility index (Phi) is 9.87. The predicted octanol–water partition coefficient (Wildman–Crippen LogP) is 7.77. The van der Waals surface area contributed by atoms with Crippen LogP contribution in [0.25, 0.3) is 32.9 Å². The standard InChI is InChI=1S/C37H40ClN5O4S/c1-22-24(3)39-43(35(22)34-30(38)13-14-31-33(34)23(2)36(37(46)47-5)42(31)15-9-17-44)16-8-11-26-19-27(41(4)40-26)21-48-28-18-25-10-6-7-12-29(25)32(45)20-28/h6-7,10,12-14,18-20,44-45H,8-9,11,15-17,21H2,1-5H3. The number of ether oxygens (including phenoxy) is 1. The second kappa shape index (κ2) is 14.1. The van der Waals surface area contributed by atoms with Crippen LogP contribution in [-0.2, 0) is 37.0 Å². The van der Waals surface area contributed by atoms with Gasteiger partial charge in [-0.05, 0) is 86.9 Å². The normalized spacial score (nSPS) is 11.6. The van der Waals surface area contributed by atoms with E-state index >= 15 is 0 Å². The van der Waals surface area contributed by atoms with Gasteiger partial charge < -0.3 is 19.5 Å². The van der Waals surface area contributed by atoms with Crippen molar-refractivity contribution in [2.24, 2.45) is 7.05 Å². The van der Waals surface area contributed by atoms with E-state index in [0.29, 0.717) is 36.0 Å². The van der Waals surface area contributed by atoms with Crippen LogP contribution >= 0.6 is 23.4 Å². The van der Waals surface area contributed by atoms with Gasteiger partial charge >= 0.3 is 5.97 Å². The Morgan fingerprint density at radius 2 is 1.79 bits per heavy atom. The van der Waals surface area contributed by atoms with Gasteiger partial charge in [-0.1, -0.05) is 35.9 Å². The number of aryl methyl sites for hydroxylation is 6. The minimum Gasteiger partial charge on any atom is -0.507 e. The van der Waals surface area contributed by atoms with Crippen molar-refractivity contribution in [3.8, 4) is 17.0 Å². The lowest BCUT2D eigenvalue weighted by molar-refractivity contribution is 0.0587. The first-order valence-corrected chi connectivity index (χ1v) is 17.4. The molecule has 0 bridgehead atoms. The zero-order valence-corrected chi connectivity index (χ0v) is 29.5. The molecule has 3 heterocycles. The Hall–Kier alpha value is -4.25. The van der Waals surface area contributed by atoms with E-state index in [-0.39, 0.29) is 6.61 Å². The Morgan fingerprint density at radius 1 is 1.00 bits per heavy atom. The summed E-state index contributed by atoms with van der Waals surface area (Å²) in [6.45, 7) is 7.12. The van der Waals surface area contributed by atoms with Crippen LogP contribution in [0, 0.1) is 20.8 Å². The Labute approximate surface area is 289 Å². The van der Waals surface area contributed by atoms with Gasteiger partial charge in [0.05, 0.1) is 29.2 Å². The number of nitrogens with zero attached hydrogens (tertiary/aromatic N) is 5. The number of carbonyl (C=O) groups is 1. The fourth-order valence-electron chi connectivity index (χ4n) is 6.56. The average molecular weight is 686 g/mol. The SMILES string of the molecule is COC(=O)c1c(C)c2c(-c3c(C)c(C)nn3CCCc3cc(CSc4cc(O)c5ccccc5c4)n(C)n3)c(Cl)ccc2n1CCCO. The summed E-state index contributed by atoms with van der Waals surface area (Å²) in [6, 6.07) is 17.7. The molecule has 6 rings (SSSR count). The monoisotopic (exact) mass is 685 g/mol. The van der Waals surface area contributed by atoms with Gasteiger partial charge in [-0.2, -0.15) is 10.2 Å². The fraction of sp³-hybridized carbons (Fsp3) is 0.324. The first-order chi connectivity index (χ1) is 23.1. The summed E-state index contributed by atoms with van der Waals surface area (Å²) in [5.74, 6) is 0.602. The number of hydrogen-bond donors (Lipinski definition) is 2. The number of benzene rings is 3. The number of carbonyl (C=O) groups excluding carboxylic acids is 1. The first-order valence-electron chi connectivity index (χ1n) is 16.0. The van der Waals surface area contributed by atoms with Gasteiger partial charge in [0.15, 0.2) is 0 Å². The molecule has 0 atom stereocenters. The number of phenols is 1. The van der Waals surface area contributed by atoms with Gasteiger partial charge in [0, 0.05) is 64.9 Å². The van der Waals surface area contributed by atoms with Crippen LogP contribution in [0.2, 0.25) is 5.02 Å². The van der Waals surface area contributed by atoms with E-state index in [2.05, 4.69) is 19.1 Å². The van der Waals surface area contributed by atoms with E-state index in [1.165, 1.54) is 7.11 Å². The van der Waals surface area contributed by atoms with Gasteiger partial charge in [-0.25, -0.2) is 4.79 Å². The van der Waals surface area contributed by atoms with Crippen LogP contribution in [-0.4, -0.2) is 54.0 Å². The molecule has 0 saturated heterocycles. The summed E-state index contributed by atoms with van der Waals surface area (Å²) in [7, 11) is 3.35. The number of halogens is 1. The molecule has 3 aromatic carbocycles. The second-order valence-corrected chi connectivity index (χ2v) is 13.6. The highest BCUT2D eigenvalue weighted by molar-refractivity contribution is 7.98. The van der Waals surface area contributed by atoms with E-state index < -0.39 is 5.97 Å². The average Bonchev–Trinajstić information content (AvgIpc) is 3.67. The summed E-state index contributed by atoms with van der Waals surface area (Å²) in [5.41, 5.74) is 7.95. The van der Waals surface area contributed by atoms with Crippen molar-refractivity contribution in [2.75, 3.05) is 13.7 Å². The lowest BCUT2D eigenvalue weighted by Crippen LogP contribution is -2.12. The number of aromatic hydroxyl groups is 1. The van der Waals surface area contributed by atoms with Gasteiger partial charge in [-0.3, -0.25) is 9.36 Å². The van der Waals surface area contributed by atoms with Crippen molar-refractivity contribution in [1.82, 2.24) is 24.1 Å². The Bertz CT molecular complexity index is 2150. The molecule has 0 aliphatic heterocycles. The largest absolute Gasteiger partial charge is 0.507 e. The van der Waals surface area contributed by atoms with E-state index in [4.69, 9.17) is 26.5 Å². The third-order valence-electron chi connectivity index (χ3n) is 9.04. The van der Waals surface area contributed by atoms with Crippen LogP contribution in [0.15, 0.2) is 59.5 Å². The van der Waals surface area contributed by atoms with Crippen molar-refractivity contribution in [3.63, 3.8) is 0 Å². The van der Waals surface area contributed by atoms with Crippen molar-refractivity contribution >= 4 is 51.0 Å². The lowest BCUT2D eigenvalue weighted by atomic mass is 9.99. The molecule has 0 amide bonds. The maximum absolute atomic E-state index is 13.0. The first kappa shape index (κ1) is 33.6. The molecule has 0 fully saturated rings. The van der Waals surface area contributed by atoms with Crippen LogP contribution in [0.1, 0.15) is 51.5 Å². The molecule has 3 aromatic heterocycles. The molecule has 0 unspecified atom stereocenters. The van der Waals surface area contributed by atoms with Crippen LogP contribution in [0.4, 0.5) is 0 Å². The molecule has 9 nitrogen and oxygen atoms in total. The van der Waals surface area contributed by atoms with Gasteiger partial charge in [0.1, 0.15) is 11.4 Å². The second-order valence-electron chi connectivity index (χ2n) is 12.1. The van der Waals surface area contributed by atoms with Crippen molar-refractivity contribution in [3.05, 3.63) is 93.5 Å². The van der Waals surface area contributed by atoms with Crippen molar-refractivity contribution < 1.29 is 19.7 Å². The maximum Gasteiger partial charge on any atom is 0.354 e. The lowest BCUT2D eigenvalue weighted by Gasteiger charge is -2.13. The van der Waals surface area contributed by atoms with Gasteiger partial charge in [0.25, 0.3) is 0 Å². The van der Waals surface area contributed by atoms with Crippen molar-refractivity contribution in [1.29, 1.82) is 0 Å². The minimum atomic E-state index is -0.423. The summed E-state index contributed by atoms with van der Waals surface area (Å²) in [6.07, 6.45) is 2.09. The quantitative estimate of drug-likeness (QED) is 0.100. The number of phenolic OH excluding ortho intramolecular Hbond substituents is 1. The molecule has 0 spiro atoms. The highest BCUT2D eigenvalue weighted by Gasteiger charge is 2.27. The van der Waals surface area contributed by atoms with E-state index in [0.717, 1.165) is 84.6 Å². The number of rotatable bonds is 12. The topological polar surface area (TPSA) is 107 Å². The highest BCUT2D eigenvalue weighted by Crippen LogP contribution is 2.42. The Morgan fingerprint density at radius 3 is 2.56 bits per heavy atom. The van der Waals surface area contributed by atoms with Crippen LogP contribution < -0.4 is 0 Å². The third kappa shape index (κ3) is 6.32. The molecule has 0 saturated carbocycles. The van der Waals surface area contributed by atoms with Gasteiger partial charge in [0.2, 0.25) is 0 Å². The van der Waals surface area contributed by atoms with E-state index in [1.54, 1.807) is 11.8 Å². The number of methoxy groups -OCH3 is 1.